The van der Waals surface area contributed by atoms with Crippen molar-refractivity contribution in [1.29, 1.82) is 0 Å². The average molecular weight is 301 g/mol. The molecule has 1 aliphatic rings. The number of hydrogen-bond acceptors (Lipinski definition) is 3. The summed E-state index contributed by atoms with van der Waals surface area (Å²) in [6.45, 7) is 5.61. The number of benzene rings is 1. The number of aromatic nitrogens is 2. The van der Waals surface area contributed by atoms with Crippen LogP contribution >= 0.6 is 0 Å². The molecule has 22 heavy (non-hydrogen) atoms. The molecule has 2 heterocycles. The lowest BCUT2D eigenvalue weighted by molar-refractivity contribution is 0.0674. The second kappa shape index (κ2) is 7.45. The number of piperidine rings is 1. The maximum atomic E-state index is 15.0. The van der Waals surface area contributed by atoms with Gasteiger partial charge in [0.05, 0.1) is 0 Å². The zero-order valence-electron chi connectivity index (χ0n) is 13.6. The van der Waals surface area contributed by atoms with Gasteiger partial charge in [0.2, 0.25) is 0 Å². The molecule has 0 unspecified atom stereocenters. The van der Waals surface area contributed by atoms with Gasteiger partial charge in [0.25, 0.3) is 0 Å². The van der Waals surface area contributed by atoms with Crippen LogP contribution < -0.4 is 0 Å². The van der Waals surface area contributed by atoms with Crippen molar-refractivity contribution < 1.29 is 4.39 Å². The minimum atomic E-state index is -1.19. The minimum Gasteiger partial charge on any atom is -0.306 e. The van der Waals surface area contributed by atoms with Gasteiger partial charge < -0.3 is 4.90 Å². The second-order valence-electron chi connectivity index (χ2n) is 5.42. The second-order valence-corrected chi connectivity index (χ2v) is 5.42. The van der Waals surface area contributed by atoms with Crippen LogP contribution in [0.2, 0.25) is 0 Å². The fourth-order valence-corrected chi connectivity index (χ4v) is 2.63. The van der Waals surface area contributed by atoms with Crippen molar-refractivity contribution in [2.75, 3.05) is 20.1 Å². The van der Waals surface area contributed by atoms with Gasteiger partial charge >= 0.3 is 0 Å². The summed E-state index contributed by atoms with van der Waals surface area (Å²) in [5, 5.41) is 0. The van der Waals surface area contributed by atoms with E-state index in [0.717, 1.165) is 24.2 Å². The van der Waals surface area contributed by atoms with E-state index in [1.165, 1.54) is 0 Å². The van der Waals surface area contributed by atoms with E-state index in [1.807, 2.05) is 45.2 Å². The van der Waals surface area contributed by atoms with Crippen LogP contribution in [-0.4, -0.2) is 35.0 Å². The number of halogens is 1. The van der Waals surface area contributed by atoms with Gasteiger partial charge in [-0.2, -0.15) is 0 Å². The summed E-state index contributed by atoms with van der Waals surface area (Å²) in [6.07, 6.45) is 4.54. The number of rotatable bonds is 2. The van der Waals surface area contributed by atoms with Crippen molar-refractivity contribution in [1.82, 2.24) is 14.9 Å². The zero-order chi connectivity index (χ0) is 16.0. The Balaban J connectivity index is 0.000000847. The molecule has 0 amide bonds. The third kappa shape index (κ3) is 3.69. The Labute approximate surface area is 132 Å². The van der Waals surface area contributed by atoms with Gasteiger partial charge in [-0.15, -0.1) is 0 Å². The van der Waals surface area contributed by atoms with E-state index in [0.29, 0.717) is 18.7 Å². The van der Waals surface area contributed by atoms with Crippen molar-refractivity contribution in [3.8, 4) is 11.4 Å². The number of hydrogen-bond donors (Lipinski definition) is 0. The van der Waals surface area contributed by atoms with Gasteiger partial charge in [0.15, 0.2) is 5.82 Å². The molecule has 0 atom stereocenters. The molecule has 0 radical (unpaired) electrons. The van der Waals surface area contributed by atoms with E-state index in [2.05, 4.69) is 14.9 Å². The molecular weight excluding hydrogens is 277 g/mol. The highest BCUT2D eigenvalue weighted by Gasteiger charge is 2.35. The quantitative estimate of drug-likeness (QED) is 0.837. The molecule has 2 aromatic rings. The van der Waals surface area contributed by atoms with Gasteiger partial charge in [-0.25, -0.2) is 14.4 Å². The Morgan fingerprint density at radius 1 is 1.00 bits per heavy atom. The predicted molar refractivity (Wildman–Crippen MR) is 88.3 cm³/mol. The maximum absolute atomic E-state index is 15.0. The van der Waals surface area contributed by atoms with E-state index in [9.17, 15) is 4.39 Å². The Bertz CT molecular complexity index is 561. The Kier molecular flexibility index (Phi) is 5.61. The van der Waals surface area contributed by atoms with Gasteiger partial charge in [0.1, 0.15) is 5.67 Å². The molecule has 0 bridgehead atoms. The summed E-state index contributed by atoms with van der Waals surface area (Å²) in [5.74, 6) is 0.676. The summed E-state index contributed by atoms with van der Waals surface area (Å²) < 4.78 is 15.0. The van der Waals surface area contributed by atoms with Gasteiger partial charge in [0, 0.05) is 31.0 Å². The third-order valence-corrected chi connectivity index (χ3v) is 4.01. The first-order valence-electron chi connectivity index (χ1n) is 7.93. The van der Waals surface area contributed by atoms with E-state index in [-0.39, 0.29) is 0 Å². The van der Waals surface area contributed by atoms with Crippen LogP contribution in [0.1, 0.15) is 32.3 Å². The molecule has 1 saturated heterocycles. The third-order valence-electron chi connectivity index (χ3n) is 4.01. The smallest absolute Gasteiger partial charge is 0.159 e. The molecule has 118 valence electrons. The first kappa shape index (κ1) is 16.6. The molecule has 1 fully saturated rings. The highest BCUT2D eigenvalue weighted by atomic mass is 19.1. The normalized spacial score (nSPS) is 17.5. The van der Waals surface area contributed by atoms with Crippen molar-refractivity contribution in [3.05, 3.63) is 48.3 Å². The SMILES string of the molecule is CC.CN1CCC(F)(c2ccc(-c3ncccn3)cc2)CC1. The largest absolute Gasteiger partial charge is 0.306 e. The Morgan fingerprint density at radius 2 is 1.55 bits per heavy atom. The molecule has 1 aliphatic heterocycles. The monoisotopic (exact) mass is 301 g/mol. The highest BCUT2D eigenvalue weighted by molar-refractivity contribution is 5.55. The van der Waals surface area contributed by atoms with E-state index < -0.39 is 5.67 Å². The fourth-order valence-electron chi connectivity index (χ4n) is 2.63. The summed E-state index contributed by atoms with van der Waals surface area (Å²) in [6, 6.07) is 9.34. The summed E-state index contributed by atoms with van der Waals surface area (Å²) >= 11 is 0. The number of alkyl halides is 1. The van der Waals surface area contributed by atoms with Crippen molar-refractivity contribution in [2.24, 2.45) is 0 Å². The van der Waals surface area contributed by atoms with Crippen molar-refractivity contribution >= 4 is 0 Å². The molecule has 0 aliphatic carbocycles. The lowest BCUT2D eigenvalue weighted by Crippen LogP contribution is -2.37. The predicted octanol–water partition coefficient (Wildman–Crippen LogP) is 4.06. The Hall–Kier alpha value is -1.81. The topological polar surface area (TPSA) is 29.0 Å². The van der Waals surface area contributed by atoms with Gasteiger partial charge in [-0.3, -0.25) is 0 Å². The zero-order valence-corrected chi connectivity index (χ0v) is 13.6. The highest BCUT2D eigenvalue weighted by Crippen LogP contribution is 2.37. The molecule has 4 heteroatoms. The van der Waals surface area contributed by atoms with Crippen LogP contribution in [0.3, 0.4) is 0 Å². The summed E-state index contributed by atoms with van der Waals surface area (Å²) in [7, 11) is 2.04. The molecule has 0 saturated carbocycles. The minimum absolute atomic E-state index is 0.560. The molecule has 3 rings (SSSR count). The van der Waals surface area contributed by atoms with Crippen LogP contribution in [0.5, 0.6) is 0 Å². The van der Waals surface area contributed by atoms with Crippen LogP contribution in [0.25, 0.3) is 11.4 Å². The lowest BCUT2D eigenvalue weighted by atomic mass is 9.86. The van der Waals surface area contributed by atoms with Crippen molar-refractivity contribution in [2.45, 2.75) is 32.4 Å². The standard InChI is InChI=1S/C16H18FN3.C2H6/c1-20-11-7-16(17,8-12-20)14-5-3-13(4-6-14)15-18-9-2-10-19-15;1-2/h2-6,9-10H,7-8,11-12H2,1H3;1-2H3. The molecule has 1 aromatic heterocycles. The molecule has 0 N–H and O–H groups in total. The van der Waals surface area contributed by atoms with Crippen LogP contribution in [0, 0.1) is 0 Å². The van der Waals surface area contributed by atoms with Crippen LogP contribution in [0.4, 0.5) is 4.39 Å². The molecule has 3 nitrogen and oxygen atoms in total. The fraction of sp³-hybridized carbons (Fsp3) is 0.444. The van der Waals surface area contributed by atoms with E-state index >= 15 is 0 Å². The first-order chi connectivity index (χ1) is 10.7. The maximum Gasteiger partial charge on any atom is 0.159 e. The van der Waals surface area contributed by atoms with E-state index in [4.69, 9.17) is 0 Å². The van der Waals surface area contributed by atoms with Crippen LogP contribution in [0.15, 0.2) is 42.7 Å². The lowest BCUT2D eigenvalue weighted by Gasteiger charge is -2.34. The number of likely N-dealkylation sites (tertiary alicyclic amines) is 1. The Morgan fingerprint density at radius 3 is 2.09 bits per heavy atom. The van der Waals surface area contributed by atoms with Gasteiger partial charge in [-0.1, -0.05) is 38.1 Å². The first-order valence-corrected chi connectivity index (χ1v) is 7.93. The molecule has 1 aromatic carbocycles. The molecule has 0 spiro atoms. The molecular formula is C18H24FN3. The average Bonchev–Trinajstić information content (AvgIpc) is 2.60. The van der Waals surface area contributed by atoms with E-state index in [1.54, 1.807) is 18.5 Å². The number of nitrogens with zero attached hydrogens (tertiary/aromatic N) is 3. The van der Waals surface area contributed by atoms with Crippen LogP contribution in [-0.2, 0) is 5.67 Å². The summed E-state index contributed by atoms with van der Waals surface area (Å²) in [4.78, 5) is 10.6. The van der Waals surface area contributed by atoms with Crippen molar-refractivity contribution in [3.63, 3.8) is 0 Å². The van der Waals surface area contributed by atoms with Gasteiger partial charge in [-0.05, 0) is 31.5 Å². The summed E-state index contributed by atoms with van der Waals surface area (Å²) in [5.41, 5.74) is 0.499.